The Labute approximate surface area is 171 Å². The predicted octanol–water partition coefficient (Wildman–Crippen LogP) is 3.49. The van der Waals surface area contributed by atoms with Gasteiger partial charge in [-0.25, -0.2) is 14.3 Å². The molecule has 0 atom stereocenters. The molecular formula is C20H18ClN7O. The number of halogens is 1. The first kappa shape index (κ1) is 17.8. The van der Waals surface area contributed by atoms with E-state index in [4.69, 9.17) is 11.6 Å². The molecule has 4 aromatic rings. The number of carbonyl (C=O) groups is 1. The van der Waals surface area contributed by atoms with Gasteiger partial charge in [-0.05, 0) is 44.0 Å². The highest BCUT2D eigenvalue weighted by Gasteiger charge is 2.31. The molecule has 0 bridgehead atoms. The van der Waals surface area contributed by atoms with Crippen LogP contribution >= 0.6 is 11.6 Å². The average Bonchev–Trinajstić information content (AvgIpc) is 3.42. The number of benzene rings is 1. The molecule has 146 valence electrons. The summed E-state index contributed by atoms with van der Waals surface area (Å²) in [6.45, 7) is 1.97. The molecular weight excluding hydrogens is 390 g/mol. The molecule has 29 heavy (non-hydrogen) atoms. The largest absolute Gasteiger partial charge is 0.323 e. The summed E-state index contributed by atoms with van der Waals surface area (Å²) in [4.78, 5) is 16.9. The van der Waals surface area contributed by atoms with E-state index in [-0.39, 0.29) is 12.5 Å². The molecule has 1 aliphatic carbocycles. The summed E-state index contributed by atoms with van der Waals surface area (Å²) in [6, 6.07) is 11.2. The van der Waals surface area contributed by atoms with Crippen LogP contribution in [-0.2, 0) is 11.3 Å². The molecule has 1 N–H and O–H groups in total. The molecule has 5 rings (SSSR count). The van der Waals surface area contributed by atoms with Crippen molar-refractivity contribution in [3.63, 3.8) is 0 Å². The highest BCUT2D eigenvalue weighted by molar-refractivity contribution is 6.32. The number of aromatic nitrogens is 6. The van der Waals surface area contributed by atoms with Crippen molar-refractivity contribution in [2.75, 3.05) is 5.32 Å². The van der Waals surface area contributed by atoms with E-state index in [0.717, 1.165) is 35.3 Å². The van der Waals surface area contributed by atoms with Gasteiger partial charge in [0.05, 0.1) is 33.8 Å². The van der Waals surface area contributed by atoms with Gasteiger partial charge < -0.3 is 5.32 Å². The number of fused-ring (bicyclic) bond motifs is 1. The van der Waals surface area contributed by atoms with Crippen molar-refractivity contribution in [2.45, 2.75) is 32.2 Å². The number of nitrogens with one attached hydrogen (secondary N) is 1. The Morgan fingerprint density at radius 1 is 1.24 bits per heavy atom. The number of carbonyl (C=O) groups excluding carboxylic acids is 1. The summed E-state index contributed by atoms with van der Waals surface area (Å²) in [5, 5.41) is 16.2. The lowest BCUT2D eigenvalue weighted by Gasteiger charge is -2.08. The number of hydrogen-bond donors (Lipinski definition) is 1. The SMILES string of the molecule is Cc1nn(-c2ccc(NC(=O)Cn3nnc4ccccc43)cn2)c(C2CC2)c1Cl. The maximum absolute atomic E-state index is 12.4. The fourth-order valence-corrected chi connectivity index (χ4v) is 3.64. The number of pyridine rings is 1. The molecule has 1 aromatic carbocycles. The van der Waals surface area contributed by atoms with E-state index < -0.39 is 0 Å². The van der Waals surface area contributed by atoms with E-state index in [1.54, 1.807) is 16.9 Å². The molecule has 1 fully saturated rings. The van der Waals surface area contributed by atoms with E-state index in [9.17, 15) is 4.79 Å². The van der Waals surface area contributed by atoms with Crippen LogP contribution in [0, 0.1) is 6.92 Å². The summed E-state index contributed by atoms with van der Waals surface area (Å²) in [5.74, 6) is 0.927. The smallest absolute Gasteiger partial charge is 0.246 e. The van der Waals surface area contributed by atoms with Crippen molar-refractivity contribution in [3.8, 4) is 5.82 Å². The van der Waals surface area contributed by atoms with Gasteiger partial charge in [0, 0.05) is 5.92 Å². The molecule has 1 saturated carbocycles. The van der Waals surface area contributed by atoms with Crippen molar-refractivity contribution in [2.24, 2.45) is 0 Å². The van der Waals surface area contributed by atoms with Gasteiger partial charge >= 0.3 is 0 Å². The summed E-state index contributed by atoms with van der Waals surface area (Å²) in [7, 11) is 0. The van der Waals surface area contributed by atoms with Gasteiger partial charge in [-0.1, -0.05) is 28.9 Å². The van der Waals surface area contributed by atoms with Crippen molar-refractivity contribution in [1.29, 1.82) is 0 Å². The Morgan fingerprint density at radius 3 is 2.83 bits per heavy atom. The van der Waals surface area contributed by atoms with Crippen molar-refractivity contribution in [1.82, 2.24) is 29.8 Å². The second kappa shape index (κ2) is 6.97. The van der Waals surface area contributed by atoms with Gasteiger partial charge in [0.25, 0.3) is 0 Å². The van der Waals surface area contributed by atoms with Crippen LogP contribution in [0.25, 0.3) is 16.9 Å². The van der Waals surface area contributed by atoms with Gasteiger partial charge in [0.15, 0.2) is 5.82 Å². The highest BCUT2D eigenvalue weighted by atomic mass is 35.5. The lowest BCUT2D eigenvalue weighted by Crippen LogP contribution is -2.19. The standard InChI is InChI=1S/C20H18ClN7O/c1-12-19(21)20(13-6-7-13)28(25-12)17-9-8-14(10-22-17)23-18(29)11-27-16-5-3-2-4-15(16)24-26-27/h2-5,8-10,13H,6-7,11H2,1H3,(H,23,29). The van der Waals surface area contributed by atoms with Gasteiger partial charge in [-0.15, -0.1) is 5.10 Å². The third kappa shape index (κ3) is 3.36. The molecule has 3 aromatic heterocycles. The van der Waals surface area contributed by atoms with E-state index in [2.05, 4.69) is 25.7 Å². The van der Waals surface area contributed by atoms with Gasteiger partial charge in [-0.3, -0.25) is 4.79 Å². The average molecular weight is 408 g/mol. The number of nitrogens with zero attached hydrogens (tertiary/aromatic N) is 6. The molecule has 8 nitrogen and oxygen atoms in total. The predicted molar refractivity (Wildman–Crippen MR) is 109 cm³/mol. The van der Waals surface area contributed by atoms with Crippen molar-refractivity contribution >= 4 is 34.2 Å². The van der Waals surface area contributed by atoms with E-state index in [1.165, 1.54) is 0 Å². The second-order valence-corrected chi connectivity index (χ2v) is 7.54. The zero-order valence-electron chi connectivity index (χ0n) is 15.7. The number of para-hydroxylation sites is 1. The van der Waals surface area contributed by atoms with Crippen LogP contribution in [0.2, 0.25) is 5.02 Å². The summed E-state index contributed by atoms with van der Waals surface area (Å²) < 4.78 is 3.38. The fourth-order valence-electron chi connectivity index (χ4n) is 3.37. The second-order valence-electron chi connectivity index (χ2n) is 7.16. The molecule has 1 amide bonds. The third-order valence-corrected chi connectivity index (χ3v) is 5.41. The van der Waals surface area contributed by atoms with Crippen molar-refractivity contribution in [3.05, 3.63) is 59.0 Å². The Bertz CT molecular complexity index is 1210. The first-order valence-corrected chi connectivity index (χ1v) is 9.77. The number of hydrogen-bond acceptors (Lipinski definition) is 5. The molecule has 1 aliphatic rings. The molecule has 0 spiro atoms. The molecule has 0 radical (unpaired) electrons. The zero-order chi connectivity index (χ0) is 20.0. The lowest BCUT2D eigenvalue weighted by atomic mass is 10.2. The fraction of sp³-hybridized carbons (Fsp3) is 0.250. The van der Waals surface area contributed by atoms with Crippen LogP contribution in [0.15, 0.2) is 42.6 Å². The van der Waals surface area contributed by atoms with Crippen LogP contribution in [0.5, 0.6) is 0 Å². The Hall–Kier alpha value is -3.26. The van der Waals surface area contributed by atoms with E-state index in [1.807, 2.05) is 41.9 Å². The molecule has 3 heterocycles. The summed E-state index contributed by atoms with van der Waals surface area (Å²) >= 11 is 6.43. The monoisotopic (exact) mass is 407 g/mol. The summed E-state index contributed by atoms with van der Waals surface area (Å²) in [6.07, 6.45) is 3.86. The van der Waals surface area contributed by atoms with Crippen LogP contribution < -0.4 is 5.32 Å². The quantitative estimate of drug-likeness (QED) is 0.546. The maximum Gasteiger partial charge on any atom is 0.246 e. The number of rotatable bonds is 5. The minimum atomic E-state index is -0.202. The maximum atomic E-state index is 12.4. The van der Waals surface area contributed by atoms with Gasteiger partial charge in [-0.2, -0.15) is 5.10 Å². The number of anilines is 1. The first-order valence-electron chi connectivity index (χ1n) is 9.39. The topological polar surface area (TPSA) is 90.5 Å². The molecule has 9 heteroatoms. The summed E-state index contributed by atoms with van der Waals surface area (Å²) in [5.41, 5.74) is 3.99. The highest BCUT2D eigenvalue weighted by Crippen LogP contribution is 2.44. The number of aryl methyl sites for hydroxylation is 1. The molecule has 0 unspecified atom stereocenters. The molecule has 0 saturated heterocycles. The van der Waals surface area contributed by atoms with E-state index in [0.29, 0.717) is 22.4 Å². The van der Waals surface area contributed by atoms with Gasteiger partial charge in [0.1, 0.15) is 12.1 Å². The Morgan fingerprint density at radius 2 is 2.07 bits per heavy atom. The van der Waals surface area contributed by atoms with E-state index >= 15 is 0 Å². The first-order chi connectivity index (χ1) is 14.1. The lowest BCUT2D eigenvalue weighted by molar-refractivity contribution is -0.116. The minimum absolute atomic E-state index is 0.0715. The van der Waals surface area contributed by atoms with Crippen LogP contribution in [0.1, 0.15) is 30.1 Å². The van der Waals surface area contributed by atoms with Gasteiger partial charge in [0.2, 0.25) is 5.91 Å². The Kier molecular flexibility index (Phi) is 4.28. The third-order valence-electron chi connectivity index (χ3n) is 4.95. The normalized spacial score (nSPS) is 13.7. The number of amides is 1. The van der Waals surface area contributed by atoms with Crippen LogP contribution in [0.4, 0.5) is 5.69 Å². The Balaban J connectivity index is 1.32. The van der Waals surface area contributed by atoms with Crippen molar-refractivity contribution < 1.29 is 4.79 Å². The van der Waals surface area contributed by atoms with Crippen LogP contribution in [0.3, 0.4) is 0 Å². The zero-order valence-corrected chi connectivity index (χ0v) is 16.5. The molecule has 0 aliphatic heterocycles. The van der Waals surface area contributed by atoms with Crippen LogP contribution in [-0.4, -0.2) is 35.7 Å². The minimum Gasteiger partial charge on any atom is -0.323 e.